The highest BCUT2D eigenvalue weighted by atomic mass is 79.9. The number of carbonyl (C=O) groups is 1. The van der Waals surface area contributed by atoms with Gasteiger partial charge in [0.15, 0.2) is 5.69 Å². The smallest absolute Gasteiger partial charge is 0.357 e. The van der Waals surface area contributed by atoms with Crippen molar-refractivity contribution >= 4 is 37.8 Å². The summed E-state index contributed by atoms with van der Waals surface area (Å²) in [5.74, 6) is -0.384. The minimum absolute atomic E-state index is 0.113. The number of alkyl halides is 2. The van der Waals surface area contributed by atoms with Crippen LogP contribution in [0.15, 0.2) is 36.4 Å². The Labute approximate surface area is 128 Å². The van der Waals surface area contributed by atoms with E-state index < -0.39 is 0 Å². The average Bonchev–Trinajstić information content (AvgIpc) is 2.85. The fourth-order valence-corrected chi connectivity index (χ4v) is 2.07. The monoisotopic (exact) mass is 386 g/mol. The normalized spacial score (nSPS) is 10.7. The fourth-order valence-electron chi connectivity index (χ4n) is 1.62. The molecule has 19 heavy (non-hydrogen) atoms. The van der Waals surface area contributed by atoms with Crippen LogP contribution in [0.25, 0.3) is 5.69 Å². The van der Waals surface area contributed by atoms with Gasteiger partial charge in [0.25, 0.3) is 0 Å². The molecule has 2 rings (SSSR count). The van der Waals surface area contributed by atoms with Gasteiger partial charge in [-0.25, -0.2) is 9.48 Å². The number of nitrogens with zero attached hydrogens (tertiary/aromatic N) is 2. The first-order valence-corrected chi connectivity index (χ1v) is 7.57. The molecule has 0 fully saturated rings. The third-order valence-electron chi connectivity index (χ3n) is 2.44. The lowest BCUT2D eigenvalue weighted by atomic mass is 10.3. The second kappa shape index (κ2) is 6.34. The SMILES string of the molecule is CCOC(=O)c1cc(C(Br)Br)nn1-c1ccccc1. The van der Waals surface area contributed by atoms with Crippen molar-refractivity contribution in [1.29, 1.82) is 0 Å². The highest BCUT2D eigenvalue weighted by molar-refractivity contribution is 9.24. The van der Waals surface area contributed by atoms with Gasteiger partial charge in [-0.3, -0.25) is 0 Å². The second-order valence-electron chi connectivity index (χ2n) is 3.72. The molecular formula is C13H12Br2N2O2. The Kier molecular flexibility index (Phi) is 4.76. The Hall–Kier alpha value is -1.14. The van der Waals surface area contributed by atoms with Crippen molar-refractivity contribution in [3.8, 4) is 5.69 Å². The van der Waals surface area contributed by atoms with Crippen molar-refractivity contribution < 1.29 is 9.53 Å². The summed E-state index contributed by atoms with van der Waals surface area (Å²) >= 11 is 6.76. The fraction of sp³-hybridized carbons (Fsp3) is 0.231. The third kappa shape index (κ3) is 3.25. The van der Waals surface area contributed by atoms with E-state index in [0.29, 0.717) is 18.0 Å². The minimum atomic E-state index is -0.384. The molecule has 0 unspecified atom stereocenters. The minimum Gasteiger partial charge on any atom is -0.461 e. The number of para-hydroxylation sites is 1. The molecule has 0 amide bonds. The Morgan fingerprint density at radius 2 is 2.05 bits per heavy atom. The predicted molar refractivity (Wildman–Crippen MR) is 80.1 cm³/mol. The highest BCUT2D eigenvalue weighted by Crippen LogP contribution is 2.29. The molecule has 0 aliphatic rings. The molecule has 1 heterocycles. The van der Waals surface area contributed by atoms with E-state index in [1.54, 1.807) is 17.7 Å². The first-order chi connectivity index (χ1) is 9.13. The summed E-state index contributed by atoms with van der Waals surface area (Å²) < 4.78 is 6.53. The van der Waals surface area contributed by atoms with E-state index in [1.807, 2.05) is 30.3 Å². The predicted octanol–water partition coefficient (Wildman–Crippen LogP) is 3.84. The number of halogens is 2. The Bertz CT molecular complexity index is 567. The van der Waals surface area contributed by atoms with Crippen LogP contribution in [0.4, 0.5) is 0 Å². The number of hydrogen-bond acceptors (Lipinski definition) is 3. The summed E-state index contributed by atoms with van der Waals surface area (Å²) in [5, 5.41) is 4.41. The number of aromatic nitrogens is 2. The number of hydrogen-bond donors (Lipinski definition) is 0. The van der Waals surface area contributed by atoms with Crippen molar-refractivity contribution in [2.45, 2.75) is 10.7 Å². The van der Waals surface area contributed by atoms with E-state index >= 15 is 0 Å². The standard InChI is InChI=1S/C13H12Br2N2O2/c1-2-19-13(18)11-8-10(12(14)15)16-17(11)9-6-4-3-5-7-9/h3-8,12H,2H2,1H3. The van der Waals surface area contributed by atoms with E-state index in [1.165, 1.54) is 0 Å². The van der Waals surface area contributed by atoms with Gasteiger partial charge in [-0.1, -0.05) is 50.1 Å². The summed E-state index contributed by atoms with van der Waals surface area (Å²) in [4.78, 5) is 12.0. The van der Waals surface area contributed by atoms with Gasteiger partial charge in [0.1, 0.15) is 3.74 Å². The van der Waals surface area contributed by atoms with Crippen LogP contribution in [0.5, 0.6) is 0 Å². The zero-order valence-electron chi connectivity index (χ0n) is 10.2. The Morgan fingerprint density at radius 1 is 1.37 bits per heavy atom. The van der Waals surface area contributed by atoms with Crippen LogP contribution in [-0.2, 0) is 4.74 Å². The zero-order valence-corrected chi connectivity index (χ0v) is 13.4. The molecule has 100 valence electrons. The molecular weight excluding hydrogens is 376 g/mol. The van der Waals surface area contributed by atoms with E-state index in [0.717, 1.165) is 5.69 Å². The van der Waals surface area contributed by atoms with Gasteiger partial charge in [-0.2, -0.15) is 5.10 Å². The lowest BCUT2D eigenvalue weighted by Crippen LogP contribution is -2.11. The van der Waals surface area contributed by atoms with Crippen LogP contribution in [0, 0.1) is 0 Å². The van der Waals surface area contributed by atoms with Crippen molar-refractivity contribution in [3.05, 3.63) is 47.8 Å². The molecule has 0 bridgehead atoms. The van der Waals surface area contributed by atoms with Crippen LogP contribution in [0.3, 0.4) is 0 Å². The molecule has 4 nitrogen and oxygen atoms in total. The van der Waals surface area contributed by atoms with Gasteiger partial charge in [-0.15, -0.1) is 0 Å². The van der Waals surface area contributed by atoms with Crippen LogP contribution >= 0.6 is 31.9 Å². The molecule has 0 spiro atoms. The lowest BCUT2D eigenvalue weighted by Gasteiger charge is -2.06. The molecule has 6 heteroatoms. The summed E-state index contributed by atoms with van der Waals surface area (Å²) in [6.07, 6.45) is 0. The average molecular weight is 388 g/mol. The van der Waals surface area contributed by atoms with Crippen LogP contribution in [-0.4, -0.2) is 22.4 Å². The highest BCUT2D eigenvalue weighted by Gasteiger charge is 2.19. The first kappa shape index (κ1) is 14.3. The number of ether oxygens (including phenoxy) is 1. The van der Waals surface area contributed by atoms with Gasteiger partial charge < -0.3 is 4.74 Å². The molecule has 1 aromatic carbocycles. The van der Waals surface area contributed by atoms with Crippen molar-refractivity contribution in [2.24, 2.45) is 0 Å². The quantitative estimate of drug-likeness (QED) is 0.591. The molecule has 1 aromatic heterocycles. The summed E-state index contributed by atoms with van der Waals surface area (Å²) in [6.45, 7) is 2.11. The van der Waals surface area contributed by atoms with Crippen LogP contribution < -0.4 is 0 Å². The van der Waals surface area contributed by atoms with Gasteiger partial charge in [0.2, 0.25) is 0 Å². The Morgan fingerprint density at radius 3 is 2.63 bits per heavy atom. The molecule has 2 aromatic rings. The number of rotatable bonds is 4. The lowest BCUT2D eigenvalue weighted by molar-refractivity contribution is 0.0516. The maximum absolute atomic E-state index is 12.0. The second-order valence-corrected chi connectivity index (χ2v) is 6.78. The number of carbonyl (C=O) groups excluding carboxylic acids is 1. The van der Waals surface area contributed by atoms with E-state index in [9.17, 15) is 4.79 Å². The molecule has 0 N–H and O–H groups in total. The summed E-state index contributed by atoms with van der Waals surface area (Å²) in [7, 11) is 0. The Balaban J connectivity index is 2.49. The summed E-state index contributed by atoms with van der Waals surface area (Å²) in [6, 6.07) is 11.2. The summed E-state index contributed by atoms with van der Waals surface area (Å²) in [5.41, 5.74) is 1.94. The van der Waals surface area contributed by atoms with Gasteiger partial charge in [-0.05, 0) is 25.1 Å². The zero-order chi connectivity index (χ0) is 13.8. The maximum Gasteiger partial charge on any atom is 0.357 e. The van der Waals surface area contributed by atoms with Crippen LogP contribution in [0.2, 0.25) is 0 Å². The molecule has 0 aliphatic heterocycles. The molecule has 0 aliphatic carbocycles. The van der Waals surface area contributed by atoms with Crippen molar-refractivity contribution in [3.63, 3.8) is 0 Å². The molecule has 0 atom stereocenters. The third-order valence-corrected chi connectivity index (χ3v) is 3.38. The number of benzene rings is 1. The van der Waals surface area contributed by atoms with E-state index in [-0.39, 0.29) is 9.71 Å². The molecule has 0 saturated heterocycles. The topological polar surface area (TPSA) is 44.1 Å². The van der Waals surface area contributed by atoms with Crippen LogP contribution in [0.1, 0.15) is 26.8 Å². The van der Waals surface area contributed by atoms with Crippen molar-refractivity contribution in [1.82, 2.24) is 9.78 Å². The van der Waals surface area contributed by atoms with Gasteiger partial charge in [0.05, 0.1) is 18.0 Å². The number of esters is 1. The van der Waals surface area contributed by atoms with E-state index in [4.69, 9.17) is 4.74 Å². The molecule has 0 radical (unpaired) electrons. The molecule has 0 saturated carbocycles. The van der Waals surface area contributed by atoms with Gasteiger partial charge in [0, 0.05) is 0 Å². The van der Waals surface area contributed by atoms with Crippen molar-refractivity contribution in [2.75, 3.05) is 6.61 Å². The van der Waals surface area contributed by atoms with Gasteiger partial charge >= 0.3 is 5.97 Å². The van der Waals surface area contributed by atoms with E-state index in [2.05, 4.69) is 37.0 Å². The maximum atomic E-state index is 12.0. The largest absolute Gasteiger partial charge is 0.461 e. The first-order valence-electron chi connectivity index (χ1n) is 5.74.